The topological polar surface area (TPSA) is 69.9 Å². The minimum atomic E-state index is -0.344. The Bertz CT molecular complexity index is 824. The lowest BCUT2D eigenvalue weighted by atomic mass is 10.1. The van der Waals surface area contributed by atoms with Crippen LogP contribution >= 0.6 is 11.3 Å². The number of esters is 1. The summed E-state index contributed by atoms with van der Waals surface area (Å²) in [6.45, 7) is 6.68. The second-order valence-electron chi connectivity index (χ2n) is 4.97. The fourth-order valence-corrected chi connectivity index (χ4v) is 3.30. The van der Waals surface area contributed by atoms with Crippen LogP contribution < -0.4 is 0 Å². The van der Waals surface area contributed by atoms with Gasteiger partial charge in [-0.25, -0.2) is 9.78 Å². The van der Waals surface area contributed by atoms with E-state index in [0.717, 1.165) is 15.8 Å². The first-order valence-corrected chi connectivity index (χ1v) is 7.81. The minimum Gasteiger partial charge on any atom is -0.462 e. The van der Waals surface area contributed by atoms with Crippen molar-refractivity contribution in [3.63, 3.8) is 0 Å². The summed E-state index contributed by atoms with van der Waals surface area (Å²) in [7, 11) is 0. The van der Waals surface area contributed by atoms with Crippen molar-refractivity contribution in [2.75, 3.05) is 6.61 Å². The maximum Gasteiger partial charge on any atom is 0.340 e. The van der Waals surface area contributed by atoms with Gasteiger partial charge in [0, 0.05) is 10.3 Å². The molecule has 0 bridgehead atoms. The van der Waals surface area contributed by atoms with Crippen LogP contribution in [-0.4, -0.2) is 32.3 Å². The van der Waals surface area contributed by atoms with Crippen molar-refractivity contribution >= 4 is 27.5 Å². The molecule has 0 amide bonds. The van der Waals surface area contributed by atoms with Gasteiger partial charge in [0.1, 0.15) is 17.5 Å². The summed E-state index contributed by atoms with van der Waals surface area (Å²) < 4.78 is 6.95. The number of fused-ring (bicyclic) bond motifs is 1. The second-order valence-corrected chi connectivity index (χ2v) is 6.18. The Kier molecular flexibility index (Phi) is 3.89. The van der Waals surface area contributed by atoms with Gasteiger partial charge in [-0.15, -0.1) is 21.5 Å². The van der Waals surface area contributed by atoms with E-state index < -0.39 is 0 Å². The number of aryl methyl sites for hydroxylation is 2. The van der Waals surface area contributed by atoms with Crippen LogP contribution in [0.25, 0.3) is 10.2 Å². The highest BCUT2D eigenvalue weighted by molar-refractivity contribution is 7.18. The average molecular weight is 316 g/mol. The zero-order chi connectivity index (χ0) is 15.7. The van der Waals surface area contributed by atoms with E-state index in [4.69, 9.17) is 4.74 Å². The van der Waals surface area contributed by atoms with Gasteiger partial charge in [-0.2, -0.15) is 0 Å². The van der Waals surface area contributed by atoms with Crippen LogP contribution in [0.5, 0.6) is 0 Å². The predicted octanol–water partition coefficient (Wildman–Crippen LogP) is 2.73. The fraction of sp³-hybridized carbons (Fsp3) is 0.333. The van der Waals surface area contributed by atoms with Gasteiger partial charge in [-0.1, -0.05) is 0 Å². The highest BCUT2D eigenvalue weighted by atomic mass is 32.1. The van der Waals surface area contributed by atoms with Crippen molar-refractivity contribution in [3.8, 4) is 0 Å². The number of ether oxygens (including phenoxy) is 1. The Hall–Kier alpha value is -2.28. The quantitative estimate of drug-likeness (QED) is 0.692. The Labute approximate surface area is 131 Å². The summed E-state index contributed by atoms with van der Waals surface area (Å²) in [5, 5.41) is 8.57. The third kappa shape index (κ3) is 2.59. The number of carbonyl (C=O) groups excluding carboxylic acids is 1. The van der Waals surface area contributed by atoms with Crippen LogP contribution in [-0.2, 0) is 11.3 Å². The van der Waals surface area contributed by atoms with Crippen LogP contribution in [0.2, 0.25) is 0 Å². The van der Waals surface area contributed by atoms with Crippen molar-refractivity contribution in [2.45, 2.75) is 27.3 Å². The smallest absolute Gasteiger partial charge is 0.340 e. The largest absolute Gasteiger partial charge is 0.462 e. The number of hydrogen-bond donors (Lipinski definition) is 0. The number of hydrogen-bond acceptors (Lipinski definition) is 6. The molecule has 3 aromatic heterocycles. The number of aromatic nitrogens is 4. The molecule has 0 fully saturated rings. The van der Waals surface area contributed by atoms with Crippen molar-refractivity contribution < 1.29 is 9.53 Å². The first-order chi connectivity index (χ1) is 10.6. The standard InChI is InChI=1S/C15H16N4O2S/c1-4-21-15(20)12-5-11-9(2)10(3)22-14(11)18-13(12)6-19-7-16-17-8-19/h5,7-8H,4,6H2,1-3H3. The van der Waals surface area contributed by atoms with E-state index in [-0.39, 0.29) is 5.97 Å². The Morgan fingerprint density at radius 1 is 1.32 bits per heavy atom. The number of carbonyl (C=O) groups is 1. The van der Waals surface area contributed by atoms with Crippen LogP contribution in [0.1, 0.15) is 33.4 Å². The van der Waals surface area contributed by atoms with E-state index in [2.05, 4.69) is 22.1 Å². The highest BCUT2D eigenvalue weighted by Gasteiger charge is 2.18. The molecular formula is C15H16N4O2S. The molecule has 3 heterocycles. The van der Waals surface area contributed by atoms with E-state index in [1.54, 1.807) is 35.5 Å². The zero-order valence-corrected chi connectivity index (χ0v) is 13.5. The molecule has 0 spiro atoms. The average Bonchev–Trinajstić information content (AvgIpc) is 3.08. The van der Waals surface area contributed by atoms with Gasteiger partial charge in [0.25, 0.3) is 0 Å². The molecular weight excluding hydrogens is 300 g/mol. The molecule has 0 aromatic carbocycles. The molecule has 3 aromatic rings. The first kappa shape index (κ1) is 14.6. The number of nitrogens with zero attached hydrogens (tertiary/aromatic N) is 4. The third-order valence-electron chi connectivity index (χ3n) is 3.54. The molecule has 0 atom stereocenters. The van der Waals surface area contributed by atoms with Gasteiger partial charge in [-0.3, -0.25) is 0 Å². The number of pyridine rings is 1. The molecule has 0 N–H and O–H groups in total. The molecule has 0 aliphatic carbocycles. The molecule has 0 saturated carbocycles. The summed E-state index contributed by atoms with van der Waals surface area (Å²) >= 11 is 1.64. The summed E-state index contributed by atoms with van der Waals surface area (Å²) in [5.41, 5.74) is 2.34. The molecule has 0 aliphatic heterocycles. The van der Waals surface area contributed by atoms with Gasteiger partial charge < -0.3 is 9.30 Å². The van der Waals surface area contributed by atoms with Crippen molar-refractivity contribution in [2.24, 2.45) is 0 Å². The van der Waals surface area contributed by atoms with Crippen molar-refractivity contribution in [3.05, 3.63) is 40.4 Å². The van der Waals surface area contributed by atoms with Gasteiger partial charge in [0.15, 0.2) is 0 Å². The van der Waals surface area contributed by atoms with E-state index in [0.29, 0.717) is 24.4 Å². The maximum absolute atomic E-state index is 12.3. The molecule has 0 radical (unpaired) electrons. The van der Waals surface area contributed by atoms with Gasteiger partial charge >= 0.3 is 5.97 Å². The molecule has 0 saturated heterocycles. The van der Waals surface area contributed by atoms with E-state index >= 15 is 0 Å². The molecule has 6 nitrogen and oxygen atoms in total. The Morgan fingerprint density at radius 3 is 2.73 bits per heavy atom. The van der Waals surface area contributed by atoms with E-state index in [1.807, 2.05) is 13.0 Å². The first-order valence-electron chi connectivity index (χ1n) is 6.99. The summed E-state index contributed by atoms with van der Waals surface area (Å²) in [6.07, 6.45) is 3.21. The third-order valence-corrected chi connectivity index (χ3v) is 4.66. The zero-order valence-electron chi connectivity index (χ0n) is 12.7. The van der Waals surface area contributed by atoms with Crippen LogP contribution in [0.15, 0.2) is 18.7 Å². The summed E-state index contributed by atoms with van der Waals surface area (Å²) in [6, 6.07) is 1.89. The maximum atomic E-state index is 12.3. The van der Waals surface area contributed by atoms with Crippen LogP contribution in [0.3, 0.4) is 0 Å². The highest BCUT2D eigenvalue weighted by Crippen LogP contribution is 2.30. The van der Waals surface area contributed by atoms with Gasteiger partial charge in [-0.05, 0) is 32.4 Å². The monoisotopic (exact) mass is 316 g/mol. The molecule has 0 aliphatic rings. The second kappa shape index (κ2) is 5.84. The molecule has 114 valence electrons. The molecule has 7 heteroatoms. The Balaban J connectivity index is 2.14. The van der Waals surface area contributed by atoms with Crippen molar-refractivity contribution in [1.82, 2.24) is 19.7 Å². The van der Waals surface area contributed by atoms with Crippen LogP contribution in [0.4, 0.5) is 0 Å². The fourth-order valence-electron chi connectivity index (χ4n) is 2.27. The minimum absolute atomic E-state index is 0.338. The number of rotatable bonds is 4. The van der Waals surface area contributed by atoms with Crippen LogP contribution in [0, 0.1) is 13.8 Å². The lowest BCUT2D eigenvalue weighted by Crippen LogP contribution is -2.12. The summed E-state index contributed by atoms with van der Waals surface area (Å²) in [4.78, 5) is 19.1. The normalized spacial score (nSPS) is 11.0. The van der Waals surface area contributed by atoms with E-state index in [9.17, 15) is 4.79 Å². The van der Waals surface area contributed by atoms with Gasteiger partial charge in [0.2, 0.25) is 0 Å². The van der Waals surface area contributed by atoms with Gasteiger partial charge in [0.05, 0.1) is 24.4 Å². The lowest BCUT2D eigenvalue weighted by Gasteiger charge is -2.09. The van der Waals surface area contributed by atoms with Crippen molar-refractivity contribution in [1.29, 1.82) is 0 Å². The lowest BCUT2D eigenvalue weighted by molar-refractivity contribution is 0.0524. The number of thiophene rings is 1. The SMILES string of the molecule is CCOC(=O)c1cc2c(C)c(C)sc2nc1Cn1cnnc1. The molecule has 0 unspecified atom stereocenters. The van der Waals surface area contributed by atoms with E-state index in [1.165, 1.54) is 4.88 Å². The predicted molar refractivity (Wildman–Crippen MR) is 84.2 cm³/mol. The summed E-state index contributed by atoms with van der Waals surface area (Å²) in [5.74, 6) is -0.344. The Morgan fingerprint density at radius 2 is 2.05 bits per heavy atom. The molecule has 22 heavy (non-hydrogen) atoms. The molecule has 3 rings (SSSR count).